The molecule has 6 heteroatoms. The zero-order valence-corrected chi connectivity index (χ0v) is 14.1. The molecule has 3 aliphatic rings. The Morgan fingerprint density at radius 2 is 1.92 bits per heavy atom. The zero-order valence-electron chi connectivity index (χ0n) is 13.2. The number of aliphatic imine (C=N–C) groups is 1. The molecule has 0 bridgehead atoms. The predicted molar refractivity (Wildman–Crippen MR) is 98.0 cm³/mol. The van der Waals surface area contributed by atoms with E-state index in [9.17, 15) is 4.79 Å². The van der Waals surface area contributed by atoms with Crippen LogP contribution in [0.5, 0.6) is 0 Å². The van der Waals surface area contributed by atoms with Gasteiger partial charge in [-0.05, 0) is 36.2 Å². The lowest BCUT2D eigenvalue weighted by Gasteiger charge is -2.20. The number of benzene rings is 1. The van der Waals surface area contributed by atoms with Crippen molar-refractivity contribution in [3.05, 3.63) is 41.5 Å². The van der Waals surface area contributed by atoms with Crippen LogP contribution in [0.3, 0.4) is 0 Å². The Bertz CT molecular complexity index is 775. The molecule has 1 N–H and O–H groups in total. The number of carbonyl (C=O) groups excluding carboxylic acids is 1. The van der Waals surface area contributed by atoms with Gasteiger partial charge in [-0.15, -0.1) is 0 Å². The number of hydrazone groups is 1. The van der Waals surface area contributed by atoms with Gasteiger partial charge >= 0.3 is 0 Å². The van der Waals surface area contributed by atoms with E-state index < -0.39 is 0 Å². The molecule has 2 heterocycles. The molecule has 1 aromatic carbocycles. The SMILES string of the molecule is N=C1/C(=C/c2ccccc2)C(=O)N=C2SC(C3CCCCC3)=NN12. The highest BCUT2D eigenvalue weighted by atomic mass is 32.2. The Morgan fingerprint density at radius 1 is 1.17 bits per heavy atom. The van der Waals surface area contributed by atoms with Crippen molar-refractivity contribution in [3.63, 3.8) is 0 Å². The van der Waals surface area contributed by atoms with Crippen molar-refractivity contribution in [2.45, 2.75) is 32.1 Å². The van der Waals surface area contributed by atoms with Gasteiger partial charge in [0.05, 0.1) is 5.57 Å². The molecule has 0 unspecified atom stereocenters. The topological polar surface area (TPSA) is 68.9 Å². The van der Waals surface area contributed by atoms with Gasteiger partial charge in [0.25, 0.3) is 5.91 Å². The van der Waals surface area contributed by atoms with Gasteiger partial charge < -0.3 is 0 Å². The van der Waals surface area contributed by atoms with Gasteiger partial charge in [0.1, 0.15) is 5.04 Å². The van der Waals surface area contributed by atoms with Crippen LogP contribution >= 0.6 is 11.8 Å². The minimum atomic E-state index is -0.359. The lowest BCUT2D eigenvalue weighted by molar-refractivity contribution is -0.114. The van der Waals surface area contributed by atoms with Crippen molar-refractivity contribution in [1.29, 1.82) is 5.41 Å². The number of hydrogen-bond donors (Lipinski definition) is 1. The fourth-order valence-electron chi connectivity index (χ4n) is 3.24. The molecule has 122 valence electrons. The van der Waals surface area contributed by atoms with Crippen LogP contribution in [0.4, 0.5) is 0 Å². The van der Waals surface area contributed by atoms with Crippen molar-refractivity contribution in [2.75, 3.05) is 0 Å². The fraction of sp³-hybridized carbons (Fsp3) is 0.333. The second-order valence-electron chi connectivity index (χ2n) is 6.20. The summed E-state index contributed by atoms with van der Waals surface area (Å²) in [5.74, 6) is 0.205. The molecule has 1 saturated carbocycles. The molecular formula is C18H18N4OS. The summed E-state index contributed by atoms with van der Waals surface area (Å²) >= 11 is 1.45. The van der Waals surface area contributed by atoms with Crippen LogP contribution in [0.15, 0.2) is 46.0 Å². The molecule has 1 fully saturated rings. The highest BCUT2D eigenvalue weighted by molar-refractivity contribution is 8.27. The van der Waals surface area contributed by atoms with E-state index >= 15 is 0 Å². The maximum atomic E-state index is 12.3. The lowest BCUT2D eigenvalue weighted by atomic mass is 9.90. The summed E-state index contributed by atoms with van der Waals surface area (Å²) < 4.78 is 0. The number of amidine groups is 2. The number of rotatable bonds is 2. The number of nitrogens with one attached hydrogen (secondary N) is 1. The largest absolute Gasteiger partial charge is 0.283 e. The average Bonchev–Trinajstić information content (AvgIpc) is 3.04. The number of nitrogens with zero attached hydrogens (tertiary/aromatic N) is 3. The Labute approximate surface area is 145 Å². The third kappa shape index (κ3) is 2.82. The third-order valence-corrected chi connectivity index (χ3v) is 5.61. The Kier molecular flexibility index (Phi) is 4.06. The first-order chi connectivity index (χ1) is 11.7. The first-order valence-electron chi connectivity index (χ1n) is 8.27. The molecular weight excluding hydrogens is 320 g/mol. The second-order valence-corrected chi connectivity index (χ2v) is 7.19. The summed E-state index contributed by atoms with van der Waals surface area (Å²) in [6, 6.07) is 9.54. The Morgan fingerprint density at radius 3 is 2.67 bits per heavy atom. The van der Waals surface area contributed by atoms with Crippen LogP contribution < -0.4 is 0 Å². The van der Waals surface area contributed by atoms with Crippen molar-refractivity contribution >= 4 is 39.8 Å². The normalized spacial score (nSPS) is 23.3. The van der Waals surface area contributed by atoms with E-state index in [4.69, 9.17) is 5.41 Å². The fourth-order valence-corrected chi connectivity index (χ4v) is 4.30. The zero-order chi connectivity index (χ0) is 16.5. The average molecular weight is 338 g/mol. The smallest absolute Gasteiger partial charge is 0.282 e. The van der Waals surface area contributed by atoms with Crippen molar-refractivity contribution in [2.24, 2.45) is 16.0 Å². The van der Waals surface area contributed by atoms with E-state index in [1.165, 1.54) is 36.0 Å². The monoisotopic (exact) mass is 338 g/mol. The summed E-state index contributed by atoms with van der Waals surface area (Å²) in [6.07, 6.45) is 7.74. The molecule has 1 amide bonds. The van der Waals surface area contributed by atoms with E-state index in [-0.39, 0.29) is 11.7 Å². The van der Waals surface area contributed by atoms with Crippen LogP contribution in [0.1, 0.15) is 37.7 Å². The van der Waals surface area contributed by atoms with Gasteiger partial charge in [-0.1, -0.05) is 49.6 Å². The predicted octanol–water partition coefficient (Wildman–Crippen LogP) is 3.89. The van der Waals surface area contributed by atoms with Crippen LogP contribution in [0.25, 0.3) is 6.08 Å². The van der Waals surface area contributed by atoms with Gasteiger partial charge in [0, 0.05) is 5.92 Å². The number of carbonyl (C=O) groups is 1. The Hall–Kier alpha value is -2.21. The van der Waals surface area contributed by atoms with Gasteiger partial charge in [-0.25, -0.2) is 0 Å². The molecule has 24 heavy (non-hydrogen) atoms. The molecule has 0 atom stereocenters. The molecule has 0 spiro atoms. The van der Waals surface area contributed by atoms with Gasteiger partial charge in [-0.3, -0.25) is 10.2 Å². The van der Waals surface area contributed by atoms with Gasteiger partial charge in [-0.2, -0.15) is 15.1 Å². The van der Waals surface area contributed by atoms with Crippen LogP contribution in [-0.4, -0.2) is 27.0 Å². The highest BCUT2D eigenvalue weighted by Gasteiger charge is 2.37. The summed E-state index contributed by atoms with van der Waals surface area (Å²) in [5.41, 5.74) is 1.17. The van der Waals surface area contributed by atoms with E-state index in [1.807, 2.05) is 30.3 Å². The molecule has 0 saturated heterocycles. The second kappa shape index (κ2) is 6.36. The summed E-state index contributed by atoms with van der Waals surface area (Å²) in [4.78, 5) is 16.5. The summed E-state index contributed by atoms with van der Waals surface area (Å²) in [7, 11) is 0. The molecule has 5 nitrogen and oxygen atoms in total. The van der Waals surface area contributed by atoms with Crippen LogP contribution in [0.2, 0.25) is 0 Å². The minimum Gasteiger partial charge on any atom is -0.282 e. The molecule has 2 aliphatic heterocycles. The van der Waals surface area contributed by atoms with Crippen LogP contribution in [0, 0.1) is 11.3 Å². The number of amides is 1. The maximum absolute atomic E-state index is 12.3. The number of hydrogen-bond acceptors (Lipinski definition) is 4. The van der Waals surface area contributed by atoms with Crippen molar-refractivity contribution in [3.8, 4) is 0 Å². The molecule has 0 radical (unpaired) electrons. The molecule has 0 aromatic heterocycles. The standard InChI is InChI=1S/C18H18N4OS/c19-15-14(11-12-7-3-1-4-8-12)16(23)20-18-22(15)21-17(24-18)13-9-5-2-6-10-13/h1,3-4,7-8,11,13,19H,2,5-6,9-10H2/b14-11-,19-15?. The van der Waals surface area contributed by atoms with E-state index in [2.05, 4.69) is 10.1 Å². The Balaban J connectivity index is 1.63. The minimum absolute atomic E-state index is 0.118. The van der Waals surface area contributed by atoms with E-state index in [0.29, 0.717) is 16.7 Å². The van der Waals surface area contributed by atoms with E-state index in [0.717, 1.165) is 23.4 Å². The van der Waals surface area contributed by atoms with Crippen molar-refractivity contribution < 1.29 is 4.79 Å². The first-order valence-corrected chi connectivity index (χ1v) is 9.09. The number of fused-ring (bicyclic) bond motifs is 1. The summed E-state index contributed by atoms with van der Waals surface area (Å²) in [5, 5.41) is 16.0. The first kappa shape index (κ1) is 15.3. The van der Waals surface area contributed by atoms with Crippen LogP contribution in [-0.2, 0) is 4.79 Å². The van der Waals surface area contributed by atoms with Crippen molar-refractivity contribution in [1.82, 2.24) is 5.01 Å². The molecule has 4 rings (SSSR count). The number of thioether (sulfide) groups is 1. The lowest BCUT2D eigenvalue weighted by Crippen LogP contribution is -2.35. The quantitative estimate of drug-likeness (QED) is 0.832. The molecule has 1 aliphatic carbocycles. The maximum Gasteiger partial charge on any atom is 0.283 e. The van der Waals surface area contributed by atoms with Gasteiger partial charge in [0.15, 0.2) is 5.84 Å². The molecule has 1 aromatic rings. The third-order valence-electron chi connectivity index (χ3n) is 4.54. The van der Waals surface area contributed by atoms with Gasteiger partial charge in [0.2, 0.25) is 5.17 Å². The summed E-state index contributed by atoms with van der Waals surface area (Å²) in [6.45, 7) is 0. The highest BCUT2D eigenvalue weighted by Crippen LogP contribution is 2.36. The van der Waals surface area contributed by atoms with E-state index in [1.54, 1.807) is 6.08 Å².